The third-order valence-corrected chi connectivity index (χ3v) is 4.75. The van der Waals surface area contributed by atoms with Crippen molar-refractivity contribution >= 4 is 10.0 Å². The predicted molar refractivity (Wildman–Crippen MR) is 70.9 cm³/mol. The normalized spacial score (nSPS) is 12.0. The molecule has 0 bridgehead atoms. The van der Waals surface area contributed by atoms with Crippen LogP contribution in [0.25, 0.3) is 0 Å². The van der Waals surface area contributed by atoms with Crippen molar-refractivity contribution in [2.24, 2.45) is 0 Å². The molecule has 9 heteroatoms. The summed E-state index contributed by atoms with van der Waals surface area (Å²) in [6, 6.07) is 7.11. The van der Waals surface area contributed by atoms with Gasteiger partial charge in [0.1, 0.15) is 6.54 Å². The molecule has 0 N–H and O–H groups in total. The number of rotatable bonds is 5. The molecule has 1 aromatic carbocycles. The maximum absolute atomic E-state index is 12.6. The summed E-state index contributed by atoms with van der Waals surface area (Å²) in [5.41, 5.74) is 0.250. The van der Waals surface area contributed by atoms with Crippen molar-refractivity contribution in [3.05, 3.63) is 29.3 Å². The summed E-state index contributed by atoms with van der Waals surface area (Å²) in [4.78, 5) is -0.367. The molecule has 0 fully saturated rings. The number of aryl methyl sites for hydroxylation is 1. The lowest BCUT2D eigenvalue weighted by Crippen LogP contribution is -2.39. The first-order valence-corrected chi connectivity index (χ1v) is 7.50. The van der Waals surface area contributed by atoms with Gasteiger partial charge in [-0.1, -0.05) is 6.07 Å². The molecule has 0 atom stereocenters. The highest BCUT2D eigenvalue weighted by molar-refractivity contribution is 7.89. The Balaban J connectivity index is 3.33. The van der Waals surface area contributed by atoms with Gasteiger partial charge in [0.05, 0.1) is 22.6 Å². The van der Waals surface area contributed by atoms with Crippen molar-refractivity contribution in [1.82, 2.24) is 4.31 Å². The van der Waals surface area contributed by atoms with Gasteiger partial charge < -0.3 is 0 Å². The summed E-state index contributed by atoms with van der Waals surface area (Å²) < 4.78 is 62.8. The molecule has 0 aliphatic rings. The van der Waals surface area contributed by atoms with E-state index >= 15 is 0 Å². The van der Waals surface area contributed by atoms with E-state index in [1.807, 2.05) is 0 Å². The van der Waals surface area contributed by atoms with Crippen LogP contribution in [-0.2, 0) is 10.0 Å². The van der Waals surface area contributed by atoms with Crippen LogP contribution in [0.5, 0.6) is 0 Å². The molecule has 0 aliphatic carbocycles. The number of hydrogen-bond donors (Lipinski definition) is 0. The summed E-state index contributed by atoms with van der Waals surface area (Å²) in [7, 11) is -4.46. The Morgan fingerprint density at radius 2 is 1.91 bits per heavy atom. The van der Waals surface area contributed by atoms with Crippen LogP contribution in [0.4, 0.5) is 13.2 Å². The molecule has 0 aromatic heterocycles. The Morgan fingerprint density at radius 1 is 1.27 bits per heavy atom. The molecule has 0 amide bonds. The van der Waals surface area contributed by atoms with E-state index in [2.05, 4.69) is 0 Å². The maximum atomic E-state index is 12.6. The SMILES string of the molecule is Cc1ccc(C#N)cc1S(=O)(=O)N(CCC#N)CC(F)(F)F. The molecule has 1 rings (SSSR count). The van der Waals surface area contributed by atoms with Crippen LogP contribution in [-0.4, -0.2) is 32.0 Å². The average Bonchev–Trinajstić information content (AvgIpc) is 2.42. The Bertz CT molecular complexity index is 730. The number of hydrogen-bond acceptors (Lipinski definition) is 4. The molecule has 5 nitrogen and oxygen atoms in total. The Morgan fingerprint density at radius 3 is 2.41 bits per heavy atom. The Labute approximate surface area is 126 Å². The largest absolute Gasteiger partial charge is 0.402 e. The van der Waals surface area contributed by atoms with E-state index in [0.717, 1.165) is 6.07 Å². The zero-order valence-electron chi connectivity index (χ0n) is 11.6. The van der Waals surface area contributed by atoms with Crippen LogP contribution < -0.4 is 0 Å². The van der Waals surface area contributed by atoms with Crippen LogP contribution >= 0.6 is 0 Å². The van der Waals surface area contributed by atoms with Gasteiger partial charge in [0, 0.05) is 13.0 Å². The van der Waals surface area contributed by atoms with Crippen molar-refractivity contribution in [1.29, 1.82) is 10.5 Å². The second-order valence-electron chi connectivity index (χ2n) is 4.45. The second kappa shape index (κ2) is 6.77. The Kier molecular flexibility index (Phi) is 5.53. The molecular weight excluding hydrogens is 319 g/mol. The van der Waals surface area contributed by atoms with Gasteiger partial charge in [-0.25, -0.2) is 8.42 Å². The third kappa shape index (κ3) is 4.45. The van der Waals surface area contributed by atoms with Crippen LogP contribution in [0.15, 0.2) is 23.1 Å². The van der Waals surface area contributed by atoms with Crippen molar-refractivity contribution in [2.75, 3.05) is 13.1 Å². The van der Waals surface area contributed by atoms with Crippen LogP contribution in [0.3, 0.4) is 0 Å². The fourth-order valence-electron chi connectivity index (χ4n) is 1.75. The van der Waals surface area contributed by atoms with E-state index in [-0.39, 0.29) is 26.7 Å². The highest BCUT2D eigenvalue weighted by Gasteiger charge is 2.37. The number of halogens is 3. The highest BCUT2D eigenvalue weighted by Crippen LogP contribution is 2.25. The van der Waals surface area contributed by atoms with Gasteiger partial charge in [-0.05, 0) is 24.6 Å². The smallest absolute Gasteiger partial charge is 0.207 e. The summed E-state index contributed by atoms with van der Waals surface area (Å²) in [6.45, 7) is -0.841. The van der Waals surface area contributed by atoms with Gasteiger partial charge in [-0.15, -0.1) is 0 Å². The van der Waals surface area contributed by atoms with E-state index in [9.17, 15) is 21.6 Å². The van der Waals surface area contributed by atoms with Crippen LogP contribution in [0, 0.1) is 29.6 Å². The molecular formula is C13H12F3N3O2S. The number of sulfonamides is 1. The molecule has 0 aliphatic heterocycles. The van der Waals surface area contributed by atoms with E-state index in [0.29, 0.717) is 0 Å². The van der Waals surface area contributed by atoms with Gasteiger partial charge in [0.2, 0.25) is 10.0 Å². The van der Waals surface area contributed by atoms with Crippen molar-refractivity contribution in [2.45, 2.75) is 24.4 Å². The fourth-order valence-corrected chi connectivity index (χ4v) is 3.42. The lowest BCUT2D eigenvalue weighted by atomic mass is 10.2. The number of nitriles is 2. The maximum Gasteiger partial charge on any atom is 0.402 e. The summed E-state index contributed by atoms with van der Waals surface area (Å²) in [5, 5.41) is 17.3. The van der Waals surface area contributed by atoms with E-state index in [4.69, 9.17) is 10.5 Å². The van der Waals surface area contributed by atoms with Crippen molar-refractivity contribution in [3.8, 4) is 12.1 Å². The fraction of sp³-hybridized carbons (Fsp3) is 0.385. The molecule has 0 unspecified atom stereocenters. The van der Waals surface area contributed by atoms with Gasteiger partial charge in [-0.3, -0.25) is 0 Å². The first-order chi connectivity index (χ1) is 10.1. The average molecular weight is 331 g/mol. The van der Waals surface area contributed by atoms with Gasteiger partial charge >= 0.3 is 6.18 Å². The van der Waals surface area contributed by atoms with Gasteiger partial charge in [-0.2, -0.15) is 28.0 Å². The monoisotopic (exact) mass is 331 g/mol. The van der Waals surface area contributed by atoms with E-state index < -0.39 is 29.3 Å². The first kappa shape index (κ1) is 18.0. The topological polar surface area (TPSA) is 85.0 Å². The summed E-state index contributed by atoms with van der Waals surface area (Å²) in [5.74, 6) is 0. The lowest BCUT2D eigenvalue weighted by molar-refractivity contribution is -0.136. The summed E-state index contributed by atoms with van der Waals surface area (Å²) >= 11 is 0. The quantitative estimate of drug-likeness (QED) is 0.829. The molecule has 22 heavy (non-hydrogen) atoms. The van der Waals surface area contributed by atoms with Gasteiger partial charge in [0.15, 0.2) is 0 Å². The Hall–Kier alpha value is -2.10. The van der Waals surface area contributed by atoms with Gasteiger partial charge in [0.25, 0.3) is 0 Å². The van der Waals surface area contributed by atoms with Crippen LogP contribution in [0.2, 0.25) is 0 Å². The number of alkyl halides is 3. The summed E-state index contributed by atoms with van der Waals surface area (Å²) in [6.07, 6.45) is -5.10. The highest BCUT2D eigenvalue weighted by atomic mass is 32.2. The minimum Gasteiger partial charge on any atom is -0.207 e. The molecule has 0 saturated heterocycles. The molecule has 118 valence electrons. The minimum absolute atomic E-state index is 0.0245. The number of benzene rings is 1. The van der Waals surface area contributed by atoms with Crippen LogP contribution in [0.1, 0.15) is 17.5 Å². The third-order valence-electron chi connectivity index (χ3n) is 2.76. The van der Waals surface area contributed by atoms with Crippen molar-refractivity contribution < 1.29 is 21.6 Å². The van der Waals surface area contributed by atoms with E-state index in [1.165, 1.54) is 19.1 Å². The molecule has 0 radical (unpaired) electrons. The zero-order chi connectivity index (χ0) is 17.0. The number of nitrogens with zero attached hydrogens (tertiary/aromatic N) is 3. The predicted octanol–water partition coefficient (Wildman–Crippen LogP) is 2.33. The second-order valence-corrected chi connectivity index (χ2v) is 6.36. The standard InChI is InChI=1S/C13H12F3N3O2S/c1-10-3-4-11(8-18)7-12(10)22(20,21)19(6-2-5-17)9-13(14,15)16/h3-4,7H,2,6,9H2,1H3. The molecule has 0 spiro atoms. The molecule has 1 aromatic rings. The molecule has 0 saturated carbocycles. The first-order valence-electron chi connectivity index (χ1n) is 6.06. The zero-order valence-corrected chi connectivity index (χ0v) is 12.4. The van der Waals surface area contributed by atoms with Crippen molar-refractivity contribution in [3.63, 3.8) is 0 Å². The van der Waals surface area contributed by atoms with E-state index in [1.54, 1.807) is 12.1 Å². The lowest BCUT2D eigenvalue weighted by Gasteiger charge is -2.23. The molecule has 0 heterocycles. The minimum atomic E-state index is -4.73.